The van der Waals surface area contributed by atoms with Gasteiger partial charge in [-0.3, -0.25) is 4.79 Å². The summed E-state index contributed by atoms with van der Waals surface area (Å²) in [5.41, 5.74) is 2.13. The van der Waals surface area contributed by atoms with Crippen LogP contribution in [0.3, 0.4) is 0 Å². The van der Waals surface area contributed by atoms with Crippen molar-refractivity contribution in [2.45, 2.75) is 26.3 Å². The molecule has 1 amide bonds. The number of carbonyl (C=O) groups excluding carboxylic acids is 1. The van der Waals surface area contributed by atoms with E-state index in [4.69, 9.17) is 5.26 Å². The van der Waals surface area contributed by atoms with Crippen molar-refractivity contribution in [1.29, 1.82) is 5.26 Å². The summed E-state index contributed by atoms with van der Waals surface area (Å²) in [6.07, 6.45) is 0.326. The van der Waals surface area contributed by atoms with Gasteiger partial charge in [0.25, 0.3) is 0 Å². The van der Waals surface area contributed by atoms with E-state index in [1.165, 1.54) is 5.56 Å². The summed E-state index contributed by atoms with van der Waals surface area (Å²) in [6.45, 7) is 3.66. The molecule has 1 aromatic rings. The summed E-state index contributed by atoms with van der Waals surface area (Å²) in [5, 5.41) is 11.1. The molecule has 78 valence electrons. The Balaban J connectivity index is 2.52. The highest BCUT2D eigenvalue weighted by molar-refractivity contribution is 5.79. The van der Waals surface area contributed by atoms with Crippen molar-refractivity contribution in [3.05, 3.63) is 35.4 Å². The van der Waals surface area contributed by atoms with E-state index in [9.17, 15) is 4.79 Å². The summed E-state index contributed by atoms with van der Waals surface area (Å²) in [4.78, 5) is 11.4. The molecule has 0 saturated heterocycles. The zero-order valence-electron chi connectivity index (χ0n) is 8.95. The first-order valence-corrected chi connectivity index (χ1v) is 4.86. The number of carbonyl (C=O) groups is 1. The van der Waals surface area contributed by atoms with Crippen LogP contribution in [0.2, 0.25) is 0 Å². The minimum Gasteiger partial charge on any atom is -0.340 e. The van der Waals surface area contributed by atoms with Gasteiger partial charge in [0, 0.05) is 0 Å². The smallest absolute Gasteiger partial charge is 0.225 e. The first-order chi connectivity index (χ1) is 7.11. The lowest BCUT2D eigenvalue weighted by atomic mass is 10.1. The lowest BCUT2D eigenvalue weighted by Gasteiger charge is -2.06. The molecule has 0 aliphatic heterocycles. The number of aryl methyl sites for hydroxylation is 1. The number of hydrogen-bond acceptors (Lipinski definition) is 2. The molecular formula is C12H14N2O. The van der Waals surface area contributed by atoms with Gasteiger partial charge in [0.1, 0.15) is 6.04 Å². The average Bonchev–Trinajstić information content (AvgIpc) is 2.21. The number of nitrogens with one attached hydrogen (secondary N) is 1. The number of benzene rings is 1. The van der Waals surface area contributed by atoms with Crippen LogP contribution < -0.4 is 5.32 Å². The zero-order chi connectivity index (χ0) is 11.3. The van der Waals surface area contributed by atoms with Crippen LogP contribution in [0.4, 0.5) is 0 Å². The van der Waals surface area contributed by atoms with Crippen LogP contribution in [0.1, 0.15) is 18.1 Å². The predicted octanol–water partition coefficient (Wildman–Crippen LogP) is 1.57. The maximum Gasteiger partial charge on any atom is 0.225 e. The molecule has 1 N–H and O–H groups in total. The third kappa shape index (κ3) is 3.82. The van der Waals surface area contributed by atoms with Crippen LogP contribution in [0, 0.1) is 18.3 Å². The van der Waals surface area contributed by atoms with Crippen LogP contribution in [0.15, 0.2) is 24.3 Å². The van der Waals surface area contributed by atoms with Crippen LogP contribution in [-0.2, 0) is 11.2 Å². The topological polar surface area (TPSA) is 52.9 Å². The van der Waals surface area contributed by atoms with Gasteiger partial charge in [0.05, 0.1) is 12.5 Å². The van der Waals surface area contributed by atoms with Gasteiger partial charge in [-0.15, -0.1) is 0 Å². The van der Waals surface area contributed by atoms with Crippen molar-refractivity contribution in [3.8, 4) is 6.07 Å². The number of rotatable bonds is 3. The minimum atomic E-state index is -0.428. The Hall–Kier alpha value is -1.82. The third-order valence-corrected chi connectivity index (χ3v) is 2.06. The molecule has 1 aromatic carbocycles. The number of nitriles is 1. The normalized spacial score (nSPS) is 11.5. The van der Waals surface area contributed by atoms with E-state index < -0.39 is 6.04 Å². The Morgan fingerprint density at radius 3 is 2.60 bits per heavy atom. The van der Waals surface area contributed by atoms with Crippen LogP contribution in [0.25, 0.3) is 0 Å². The summed E-state index contributed by atoms with van der Waals surface area (Å²) in [7, 11) is 0. The first kappa shape index (κ1) is 11.3. The van der Waals surface area contributed by atoms with Gasteiger partial charge in [-0.05, 0) is 19.4 Å². The third-order valence-electron chi connectivity index (χ3n) is 2.06. The number of hydrogen-bond donors (Lipinski definition) is 1. The van der Waals surface area contributed by atoms with Crippen molar-refractivity contribution in [1.82, 2.24) is 5.32 Å². The molecule has 0 fully saturated rings. The molecule has 0 bridgehead atoms. The molecule has 1 unspecified atom stereocenters. The Kier molecular flexibility index (Phi) is 3.87. The van der Waals surface area contributed by atoms with Crippen molar-refractivity contribution < 1.29 is 4.79 Å². The quantitative estimate of drug-likeness (QED) is 0.808. The monoisotopic (exact) mass is 202 g/mol. The van der Waals surface area contributed by atoms with E-state index in [0.29, 0.717) is 6.42 Å². The Morgan fingerprint density at radius 2 is 2.07 bits per heavy atom. The second kappa shape index (κ2) is 5.16. The van der Waals surface area contributed by atoms with E-state index >= 15 is 0 Å². The number of nitrogens with zero attached hydrogens (tertiary/aromatic N) is 1. The van der Waals surface area contributed by atoms with Crippen molar-refractivity contribution in [2.75, 3.05) is 0 Å². The molecule has 0 heterocycles. The SMILES string of the molecule is Cc1ccc(CC(=O)NC(C)C#N)cc1. The van der Waals surface area contributed by atoms with Gasteiger partial charge < -0.3 is 5.32 Å². The predicted molar refractivity (Wildman–Crippen MR) is 58.1 cm³/mol. The maximum atomic E-state index is 11.4. The fraction of sp³-hybridized carbons (Fsp3) is 0.333. The summed E-state index contributed by atoms with van der Waals surface area (Å²) in [6, 6.07) is 9.31. The summed E-state index contributed by atoms with van der Waals surface area (Å²) in [5.74, 6) is -0.118. The van der Waals surface area contributed by atoms with E-state index in [-0.39, 0.29) is 5.91 Å². The maximum absolute atomic E-state index is 11.4. The summed E-state index contributed by atoms with van der Waals surface area (Å²) >= 11 is 0. The molecule has 1 atom stereocenters. The van der Waals surface area contributed by atoms with Crippen LogP contribution in [-0.4, -0.2) is 11.9 Å². The van der Waals surface area contributed by atoms with Gasteiger partial charge in [-0.2, -0.15) is 5.26 Å². The molecule has 0 aliphatic rings. The molecule has 0 saturated carbocycles. The van der Waals surface area contributed by atoms with Crippen molar-refractivity contribution >= 4 is 5.91 Å². The van der Waals surface area contributed by atoms with E-state index in [1.807, 2.05) is 37.3 Å². The average molecular weight is 202 g/mol. The second-order valence-corrected chi connectivity index (χ2v) is 3.58. The number of amides is 1. The van der Waals surface area contributed by atoms with Gasteiger partial charge in [0.2, 0.25) is 5.91 Å². The molecule has 0 aliphatic carbocycles. The highest BCUT2D eigenvalue weighted by Gasteiger charge is 2.06. The van der Waals surface area contributed by atoms with Gasteiger partial charge >= 0.3 is 0 Å². The minimum absolute atomic E-state index is 0.118. The molecule has 15 heavy (non-hydrogen) atoms. The largest absolute Gasteiger partial charge is 0.340 e. The molecule has 0 radical (unpaired) electrons. The van der Waals surface area contributed by atoms with E-state index in [1.54, 1.807) is 6.92 Å². The molecule has 1 rings (SSSR count). The lowest BCUT2D eigenvalue weighted by molar-refractivity contribution is -0.120. The molecule has 3 heteroatoms. The molecular weight excluding hydrogens is 188 g/mol. The Morgan fingerprint density at radius 1 is 1.47 bits per heavy atom. The van der Waals surface area contributed by atoms with Crippen molar-refractivity contribution in [2.24, 2.45) is 0 Å². The fourth-order valence-electron chi connectivity index (χ4n) is 1.22. The van der Waals surface area contributed by atoms with Crippen LogP contribution in [0.5, 0.6) is 0 Å². The molecule has 3 nitrogen and oxygen atoms in total. The van der Waals surface area contributed by atoms with Gasteiger partial charge in [-0.25, -0.2) is 0 Å². The summed E-state index contributed by atoms with van der Waals surface area (Å²) < 4.78 is 0. The Labute approximate surface area is 89.7 Å². The van der Waals surface area contributed by atoms with E-state index in [0.717, 1.165) is 5.56 Å². The van der Waals surface area contributed by atoms with Crippen molar-refractivity contribution in [3.63, 3.8) is 0 Å². The van der Waals surface area contributed by atoms with Gasteiger partial charge in [0.15, 0.2) is 0 Å². The molecule has 0 spiro atoms. The standard InChI is InChI=1S/C12H14N2O/c1-9-3-5-11(6-4-9)7-12(15)14-10(2)8-13/h3-6,10H,7H2,1-2H3,(H,14,15). The second-order valence-electron chi connectivity index (χ2n) is 3.58. The highest BCUT2D eigenvalue weighted by Crippen LogP contribution is 2.03. The highest BCUT2D eigenvalue weighted by atomic mass is 16.1. The zero-order valence-corrected chi connectivity index (χ0v) is 8.95. The van der Waals surface area contributed by atoms with Crippen LogP contribution >= 0.6 is 0 Å². The molecule has 0 aromatic heterocycles. The van der Waals surface area contributed by atoms with Gasteiger partial charge in [-0.1, -0.05) is 29.8 Å². The first-order valence-electron chi connectivity index (χ1n) is 4.86. The fourth-order valence-corrected chi connectivity index (χ4v) is 1.22. The van der Waals surface area contributed by atoms with E-state index in [2.05, 4.69) is 5.32 Å². The lowest BCUT2D eigenvalue weighted by Crippen LogP contribution is -2.32. The Bertz CT molecular complexity index is 376.